The van der Waals surface area contributed by atoms with Crippen LogP contribution < -0.4 is 9.47 Å². The van der Waals surface area contributed by atoms with Crippen molar-refractivity contribution in [1.29, 1.82) is 0 Å². The van der Waals surface area contributed by atoms with Crippen LogP contribution >= 0.6 is 0 Å². The molecule has 0 amide bonds. The summed E-state index contributed by atoms with van der Waals surface area (Å²) in [5.41, 5.74) is 2.01. The van der Waals surface area contributed by atoms with Crippen LogP contribution in [0.4, 0.5) is 8.78 Å². The van der Waals surface area contributed by atoms with Gasteiger partial charge in [0.15, 0.2) is 11.5 Å². The number of aliphatic hydroxyl groups excluding tert-OH is 1. The molecule has 182 valence electrons. The summed E-state index contributed by atoms with van der Waals surface area (Å²) in [6.07, 6.45) is -1.59. The van der Waals surface area contributed by atoms with Gasteiger partial charge in [0.05, 0.1) is 33.5 Å². The number of rotatable bonds is 10. The highest BCUT2D eigenvalue weighted by Gasteiger charge is 2.19. The van der Waals surface area contributed by atoms with E-state index in [1.807, 2.05) is 0 Å². The molecule has 0 saturated carbocycles. The maximum absolute atomic E-state index is 13.4. The first-order chi connectivity index (χ1) is 17.0. The molecule has 1 unspecified atom stereocenters. The quantitative estimate of drug-likeness (QED) is 0.368. The summed E-state index contributed by atoms with van der Waals surface area (Å²) in [5, 5.41) is 22.9. The van der Waals surface area contributed by atoms with Gasteiger partial charge in [-0.1, -0.05) is 24.3 Å². The molecule has 0 radical (unpaired) electrons. The number of benzene rings is 3. The Balaban J connectivity index is 1.43. The number of hydrogen-bond donors (Lipinski definition) is 1. The van der Waals surface area contributed by atoms with E-state index in [0.717, 1.165) is 0 Å². The SMILES string of the molecule is COc1ccc(-c2nnn(CC(O)COC(c3ccc(F)cc3)c3ccc(F)cc3)n2)cc1OC. The molecule has 0 spiro atoms. The van der Waals surface area contributed by atoms with Crippen molar-refractivity contribution >= 4 is 0 Å². The minimum absolute atomic E-state index is 0.0276. The molecule has 3 aromatic carbocycles. The fourth-order valence-electron chi connectivity index (χ4n) is 3.52. The highest BCUT2D eigenvalue weighted by molar-refractivity contribution is 5.60. The third-order valence-electron chi connectivity index (χ3n) is 5.27. The van der Waals surface area contributed by atoms with E-state index in [-0.39, 0.29) is 24.8 Å². The number of aliphatic hydroxyl groups is 1. The molecule has 0 aliphatic carbocycles. The molecule has 0 bridgehead atoms. The number of halogens is 2. The zero-order valence-corrected chi connectivity index (χ0v) is 19.1. The Hall–Kier alpha value is -3.89. The van der Waals surface area contributed by atoms with Gasteiger partial charge in [-0.05, 0) is 58.8 Å². The lowest BCUT2D eigenvalue weighted by Crippen LogP contribution is -2.25. The van der Waals surface area contributed by atoms with E-state index in [1.165, 1.54) is 36.2 Å². The van der Waals surface area contributed by atoms with E-state index in [1.54, 1.807) is 49.6 Å². The Morgan fingerprint density at radius 3 is 2.03 bits per heavy atom. The highest BCUT2D eigenvalue weighted by Crippen LogP contribution is 2.31. The largest absolute Gasteiger partial charge is 0.493 e. The van der Waals surface area contributed by atoms with Gasteiger partial charge < -0.3 is 19.3 Å². The van der Waals surface area contributed by atoms with Crippen molar-refractivity contribution in [2.75, 3.05) is 20.8 Å². The third-order valence-corrected chi connectivity index (χ3v) is 5.27. The van der Waals surface area contributed by atoms with Gasteiger partial charge in [0.2, 0.25) is 5.82 Å². The van der Waals surface area contributed by atoms with Gasteiger partial charge in [-0.25, -0.2) is 8.78 Å². The molecule has 0 fully saturated rings. The van der Waals surface area contributed by atoms with Crippen molar-refractivity contribution < 1.29 is 28.1 Å². The molecule has 1 aromatic heterocycles. The van der Waals surface area contributed by atoms with E-state index in [4.69, 9.17) is 14.2 Å². The second kappa shape index (κ2) is 11.0. The van der Waals surface area contributed by atoms with Crippen LogP contribution in [0.15, 0.2) is 66.7 Å². The topological polar surface area (TPSA) is 91.5 Å². The fourth-order valence-corrected chi connectivity index (χ4v) is 3.52. The van der Waals surface area contributed by atoms with Crippen LogP contribution in [0.3, 0.4) is 0 Å². The molecule has 0 aliphatic heterocycles. The van der Waals surface area contributed by atoms with Crippen molar-refractivity contribution in [3.63, 3.8) is 0 Å². The molecule has 8 nitrogen and oxygen atoms in total. The van der Waals surface area contributed by atoms with Crippen LogP contribution in [0.1, 0.15) is 17.2 Å². The molecule has 1 atom stereocenters. The Labute approximate surface area is 200 Å². The second-order valence-electron chi connectivity index (χ2n) is 7.71. The molecule has 0 saturated heterocycles. The number of ether oxygens (including phenoxy) is 3. The predicted octanol–water partition coefficient (Wildman–Crippen LogP) is 3.80. The van der Waals surface area contributed by atoms with Crippen LogP contribution in [0.2, 0.25) is 0 Å². The number of nitrogens with zero attached hydrogens (tertiary/aromatic N) is 4. The zero-order chi connectivity index (χ0) is 24.8. The Kier molecular flexibility index (Phi) is 7.64. The zero-order valence-electron chi connectivity index (χ0n) is 19.1. The van der Waals surface area contributed by atoms with Crippen molar-refractivity contribution in [3.8, 4) is 22.9 Å². The normalized spacial score (nSPS) is 12.1. The van der Waals surface area contributed by atoms with Crippen LogP contribution in [0.25, 0.3) is 11.4 Å². The van der Waals surface area contributed by atoms with E-state index >= 15 is 0 Å². The van der Waals surface area contributed by atoms with Gasteiger partial charge >= 0.3 is 0 Å². The number of hydrogen-bond acceptors (Lipinski definition) is 7. The first-order valence-corrected chi connectivity index (χ1v) is 10.8. The average molecular weight is 482 g/mol. The van der Waals surface area contributed by atoms with Crippen molar-refractivity contribution in [2.24, 2.45) is 0 Å². The molecule has 1 heterocycles. The van der Waals surface area contributed by atoms with E-state index in [0.29, 0.717) is 34.0 Å². The summed E-state index contributed by atoms with van der Waals surface area (Å²) in [6.45, 7) is -0.0491. The van der Waals surface area contributed by atoms with Crippen molar-refractivity contribution in [2.45, 2.75) is 18.8 Å². The Morgan fingerprint density at radius 2 is 1.46 bits per heavy atom. The summed E-state index contributed by atoms with van der Waals surface area (Å²) in [5.74, 6) is 0.702. The minimum atomic E-state index is -0.967. The Bertz CT molecular complexity index is 1200. The lowest BCUT2D eigenvalue weighted by Gasteiger charge is -2.21. The smallest absolute Gasteiger partial charge is 0.205 e. The maximum atomic E-state index is 13.4. The molecule has 35 heavy (non-hydrogen) atoms. The molecule has 0 aliphatic rings. The monoisotopic (exact) mass is 482 g/mol. The van der Waals surface area contributed by atoms with Gasteiger partial charge in [0.25, 0.3) is 0 Å². The number of tetrazole rings is 1. The maximum Gasteiger partial charge on any atom is 0.205 e. The summed E-state index contributed by atoms with van der Waals surface area (Å²) in [7, 11) is 3.08. The second-order valence-corrected chi connectivity index (χ2v) is 7.71. The van der Waals surface area contributed by atoms with Crippen LogP contribution in [0, 0.1) is 11.6 Å². The van der Waals surface area contributed by atoms with Gasteiger partial charge in [0.1, 0.15) is 17.7 Å². The van der Waals surface area contributed by atoms with Crippen LogP contribution in [-0.2, 0) is 11.3 Å². The summed E-state index contributed by atoms with van der Waals surface area (Å²) in [4.78, 5) is 1.27. The number of aromatic nitrogens is 4. The minimum Gasteiger partial charge on any atom is -0.493 e. The van der Waals surface area contributed by atoms with Crippen molar-refractivity contribution in [3.05, 3.63) is 89.5 Å². The summed E-state index contributed by atoms with van der Waals surface area (Å²) >= 11 is 0. The molecule has 1 N–H and O–H groups in total. The Morgan fingerprint density at radius 1 is 0.857 bits per heavy atom. The lowest BCUT2D eigenvalue weighted by molar-refractivity contribution is -0.00372. The molecule has 10 heteroatoms. The molecule has 4 rings (SSSR count). The summed E-state index contributed by atoms with van der Waals surface area (Å²) in [6, 6.07) is 16.9. The fraction of sp³-hybridized carbons (Fsp3) is 0.240. The van der Waals surface area contributed by atoms with Crippen LogP contribution in [0.5, 0.6) is 11.5 Å². The van der Waals surface area contributed by atoms with E-state index in [2.05, 4.69) is 15.4 Å². The standard InChI is InChI=1S/C25H24F2N4O4/c1-33-22-12-7-18(13-23(22)34-2)25-28-30-31(29-25)14-21(32)15-35-24(16-3-8-19(26)9-4-16)17-5-10-20(27)11-6-17/h3-13,21,24,32H,14-15H2,1-2H3. The first kappa shape index (κ1) is 24.2. The third kappa shape index (κ3) is 5.97. The van der Waals surface area contributed by atoms with Gasteiger partial charge in [0, 0.05) is 5.56 Å². The van der Waals surface area contributed by atoms with E-state index in [9.17, 15) is 13.9 Å². The average Bonchev–Trinajstić information content (AvgIpc) is 3.34. The highest BCUT2D eigenvalue weighted by atomic mass is 19.1. The molecule has 4 aromatic rings. The lowest BCUT2D eigenvalue weighted by atomic mass is 10.0. The predicted molar refractivity (Wildman–Crippen MR) is 123 cm³/mol. The summed E-state index contributed by atoms with van der Waals surface area (Å²) < 4.78 is 43.3. The van der Waals surface area contributed by atoms with Gasteiger partial charge in [-0.3, -0.25) is 0 Å². The van der Waals surface area contributed by atoms with Gasteiger partial charge in [-0.2, -0.15) is 4.80 Å². The first-order valence-electron chi connectivity index (χ1n) is 10.8. The van der Waals surface area contributed by atoms with E-state index < -0.39 is 12.2 Å². The van der Waals surface area contributed by atoms with Gasteiger partial charge in [-0.15, -0.1) is 10.2 Å². The molecular weight excluding hydrogens is 458 g/mol. The van der Waals surface area contributed by atoms with Crippen molar-refractivity contribution in [1.82, 2.24) is 20.2 Å². The number of methoxy groups -OCH3 is 2. The molecular formula is C25H24F2N4O4. The van der Waals surface area contributed by atoms with Crippen LogP contribution in [-0.4, -0.2) is 52.2 Å².